The van der Waals surface area contributed by atoms with Gasteiger partial charge in [-0.05, 0) is 47.4 Å². The first-order valence-electron chi connectivity index (χ1n) is 8.71. The van der Waals surface area contributed by atoms with Crippen molar-refractivity contribution in [3.05, 3.63) is 64.7 Å². The third-order valence-electron chi connectivity index (χ3n) is 4.87. The van der Waals surface area contributed by atoms with Gasteiger partial charge in [0.05, 0.1) is 0 Å². The van der Waals surface area contributed by atoms with Crippen LogP contribution in [0.1, 0.15) is 39.9 Å². The molecule has 2 aliphatic rings. The Morgan fingerprint density at radius 3 is 2.58 bits per heavy atom. The summed E-state index contributed by atoms with van der Waals surface area (Å²) in [4.78, 5) is 25.9. The van der Waals surface area contributed by atoms with Crippen molar-refractivity contribution in [1.29, 1.82) is 0 Å². The van der Waals surface area contributed by atoms with Gasteiger partial charge in [-0.2, -0.15) is 0 Å². The lowest BCUT2D eigenvalue weighted by atomic mass is 10.1. The fourth-order valence-corrected chi connectivity index (χ4v) is 3.44. The Bertz CT molecular complexity index is 820. The standard InChI is InChI=1S/C20H21N3O2.ClH/c24-19-2-1-9-23(19)18-7-3-14(4-8-18)11-22-20(25)15-5-6-16-12-21-13-17(16)10-15;/h3-8,10,21H,1-2,9,11-13H2,(H,22,25);1H. The van der Waals surface area contributed by atoms with E-state index in [9.17, 15) is 9.59 Å². The minimum Gasteiger partial charge on any atom is -0.348 e. The highest BCUT2D eigenvalue weighted by atomic mass is 35.5. The zero-order valence-corrected chi connectivity index (χ0v) is 15.3. The topological polar surface area (TPSA) is 61.4 Å². The predicted molar refractivity (Wildman–Crippen MR) is 103 cm³/mol. The Labute approximate surface area is 159 Å². The van der Waals surface area contributed by atoms with Crippen molar-refractivity contribution in [2.45, 2.75) is 32.5 Å². The van der Waals surface area contributed by atoms with Crippen LogP contribution >= 0.6 is 12.4 Å². The summed E-state index contributed by atoms with van der Waals surface area (Å²) in [6, 6.07) is 13.7. The van der Waals surface area contributed by atoms with Crippen molar-refractivity contribution >= 4 is 29.9 Å². The molecule has 0 saturated carbocycles. The Morgan fingerprint density at radius 1 is 1.08 bits per heavy atom. The molecule has 5 nitrogen and oxygen atoms in total. The van der Waals surface area contributed by atoms with Gasteiger partial charge in [0.1, 0.15) is 0 Å². The molecule has 136 valence electrons. The van der Waals surface area contributed by atoms with Crippen LogP contribution in [-0.4, -0.2) is 18.4 Å². The quantitative estimate of drug-likeness (QED) is 0.868. The van der Waals surface area contributed by atoms with Gasteiger partial charge in [0.2, 0.25) is 5.91 Å². The number of benzene rings is 2. The van der Waals surface area contributed by atoms with Crippen molar-refractivity contribution in [3.63, 3.8) is 0 Å². The molecule has 2 aromatic rings. The molecular formula is C20H22ClN3O2. The summed E-state index contributed by atoms with van der Waals surface area (Å²) < 4.78 is 0. The summed E-state index contributed by atoms with van der Waals surface area (Å²) >= 11 is 0. The third-order valence-corrected chi connectivity index (χ3v) is 4.87. The van der Waals surface area contributed by atoms with Crippen LogP contribution in [0.5, 0.6) is 0 Å². The highest BCUT2D eigenvalue weighted by Gasteiger charge is 2.21. The number of hydrogen-bond donors (Lipinski definition) is 2. The van der Waals surface area contributed by atoms with E-state index in [2.05, 4.69) is 10.6 Å². The number of carbonyl (C=O) groups excluding carboxylic acids is 2. The Hall–Kier alpha value is -2.37. The van der Waals surface area contributed by atoms with E-state index >= 15 is 0 Å². The molecule has 0 unspecified atom stereocenters. The molecule has 6 heteroatoms. The number of fused-ring (bicyclic) bond motifs is 1. The smallest absolute Gasteiger partial charge is 0.251 e. The summed E-state index contributed by atoms with van der Waals surface area (Å²) in [7, 11) is 0. The van der Waals surface area contributed by atoms with Gasteiger partial charge in [0.15, 0.2) is 0 Å². The maximum atomic E-state index is 12.4. The average molecular weight is 372 g/mol. The molecule has 0 radical (unpaired) electrons. The lowest BCUT2D eigenvalue weighted by Crippen LogP contribution is -2.24. The second-order valence-electron chi connectivity index (χ2n) is 6.59. The molecule has 0 aliphatic carbocycles. The average Bonchev–Trinajstić information content (AvgIpc) is 3.28. The van der Waals surface area contributed by atoms with E-state index in [-0.39, 0.29) is 24.2 Å². The number of halogens is 1. The lowest BCUT2D eigenvalue weighted by Gasteiger charge is -2.16. The first-order chi connectivity index (χ1) is 12.2. The molecule has 0 bridgehead atoms. The number of nitrogens with one attached hydrogen (secondary N) is 2. The molecule has 2 amide bonds. The SMILES string of the molecule is Cl.O=C(NCc1ccc(N2CCCC2=O)cc1)c1ccc2c(c1)CNC2. The highest BCUT2D eigenvalue weighted by Crippen LogP contribution is 2.21. The number of rotatable bonds is 4. The van der Waals surface area contributed by atoms with Gasteiger partial charge in [-0.1, -0.05) is 18.2 Å². The molecule has 0 spiro atoms. The number of carbonyl (C=O) groups is 2. The van der Waals surface area contributed by atoms with Crippen LogP contribution in [0.2, 0.25) is 0 Å². The van der Waals surface area contributed by atoms with Crippen LogP contribution in [0.3, 0.4) is 0 Å². The third kappa shape index (κ3) is 3.74. The molecule has 2 heterocycles. The van der Waals surface area contributed by atoms with Crippen LogP contribution < -0.4 is 15.5 Å². The molecule has 4 rings (SSSR count). The van der Waals surface area contributed by atoms with E-state index in [1.807, 2.05) is 47.4 Å². The zero-order valence-electron chi connectivity index (χ0n) is 14.5. The molecular weight excluding hydrogens is 350 g/mol. The van der Waals surface area contributed by atoms with E-state index in [1.165, 1.54) is 11.1 Å². The van der Waals surface area contributed by atoms with E-state index in [0.29, 0.717) is 18.5 Å². The van der Waals surface area contributed by atoms with Crippen LogP contribution in [0, 0.1) is 0 Å². The molecule has 1 fully saturated rings. The number of amides is 2. The molecule has 0 atom stereocenters. The molecule has 2 aliphatic heterocycles. The van der Waals surface area contributed by atoms with Crippen LogP contribution in [0.15, 0.2) is 42.5 Å². The molecule has 26 heavy (non-hydrogen) atoms. The number of anilines is 1. The molecule has 1 saturated heterocycles. The fourth-order valence-electron chi connectivity index (χ4n) is 3.44. The van der Waals surface area contributed by atoms with E-state index in [0.717, 1.165) is 37.3 Å². The Morgan fingerprint density at radius 2 is 1.85 bits per heavy atom. The Balaban J connectivity index is 0.00000196. The number of hydrogen-bond acceptors (Lipinski definition) is 3. The monoisotopic (exact) mass is 371 g/mol. The van der Waals surface area contributed by atoms with Crippen molar-refractivity contribution in [1.82, 2.24) is 10.6 Å². The van der Waals surface area contributed by atoms with Gasteiger partial charge in [-0.15, -0.1) is 12.4 Å². The van der Waals surface area contributed by atoms with Crippen LogP contribution in [0.4, 0.5) is 5.69 Å². The van der Waals surface area contributed by atoms with Crippen LogP contribution in [-0.2, 0) is 24.4 Å². The number of nitrogens with zero attached hydrogens (tertiary/aromatic N) is 1. The van der Waals surface area contributed by atoms with Gasteiger partial charge in [-0.3, -0.25) is 9.59 Å². The summed E-state index contributed by atoms with van der Waals surface area (Å²) in [6.07, 6.45) is 1.56. The summed E-state index contributed by atoms with van der Waals surface area (Å²) in [5, 5.41) is 6.25. The fraction of sp³-hybridized carbons (Fsp3) is 0.300. The van der Waals surface area contributed by atoms with Crippen molar-refractivity contribution in [2.75, 3.05) is 11.4 Å². The van der Waals surface area contributed by atoms with E-state index < -0.39 is 0 Å². The summed E-state index contributed by atoms with van der Waals surface area (Å²) in [6.45, 7) is 2.97. The largest absolute Gasteiger partial charge is 0.348 e. The van der Waals surface area contributed by atoms with Gasteiger partial charge >= 0.3 is 0 Å². The molecule has 2 N–H and O–H groups in total. The highest BCUT2D eigenvalue weighted by molar-refractivity contribution is 5.95. The summed E-state index contributed by atoms with van der Waals surface area (Å²) in [5.74, 6) is 0.126. The maximum absolute atomic E-state index is 12.4. The second-order valence-corrected chi connectivity index (χ2v) is 6.59. The zero-order chi connectivity index (χ0) is 17.2. The second kappa shape index (κ2) is 7.89. The normalized spacial score (nSPS) is 15.5. The van der Waals surface area contributed by atoms with E-state index in [4.69, 9.17) is 0 Å². The Kier molecular flexibility index (Phi) is 5.59. The van der Waals surface area contributed by atoms with Crippen molar-refractivity contribution in [2.24, 2.45) is 0 Å². The van der Waals surface area contributed by atoms with Crippen molar-refractivity contribution in [3.8, 4) is 0 Å². The first kappa shape index (κ1) is 18.4. The lowest BCUT2D eigenvalue weighted by molar-refractivity contribution is -0.117. The van der Waals surface area contributed by atoms with Gasteiger partial charge in [0.25, 0.3) is 5.91 Å². The van der Waals surface area contributed by atoms with Gasteiger partial charge in [0, 0.05) is 43.9 Å². The minimum absolute atomic E-state index is 0. The van der Waals surface area contributed by atoms with Crippen molar-refractivity contribution < 1.29 is 9.59 Å². The maximum Gasteiger partial charge on any atom is 0.251 e. The van der Waals surface area contributed by atoms with Crippen LogP contribution in [0.25, 0.3) is 0 Å². The van der Waals surface area contributed by atoms with E-state index in [1.54, 1.807) is 0 Å². The van der Waals surface area contributed by atoms with Gasteiger partial charge in [-0.25, -0.2) is 0 Å². The summed E-state index contributed by atoms with van der Waals surface area (Å²) in [5.41, 5.74) is 5.12. The molecule has 0 aromatic heterocycles. The predicted octanol–water partition coefficient (Wildman–Crippen LogP) is 2.77. The van der Waals surface area contributed by atoms with Gasteiger partial charge < -0.3 is 15.5 Å². The molecule has 2 aromatic carbocycles. The minimum atomic E-state index is -0.0616. The first-order valence-corrected chi connectivity index (χ1v) is 8.71.